The van der Waals surface area contributed by atoms with Crippen molar-refractivity contribution in [2.24, 2.45) is 5.92 Å². The van der Waals surface area contributed by atoms with E-state index < -0.39 is 0 Å². The molecular formula is C13H15NO2. The second-order valence-electron chi connectivity index (χ2n) is 4.43. The van der Waals surface area contributed by atoms with Crippen LogP contribution in [0.3, 0.4) is 0 Å². The van der Waals surface area contributed by atoms with Crippen molar-refractivity contribution in [3.8, 4) is 0 Å². The van der Waals surface area contributed by atoms with Gasteiger partial charge in [-0.2, -0.15) is 0 Å². The van der Waals surface area contributed by atoms with E-state index in [-0.39, 0.29) is 17.6 Å². The van der Waals surface area contributed by atoms with Gasteiger partial charge in [-0.3, -0.25) is 9.59 Å². The predicted octanol–water partition coefficient (Wildman–Crippen LogP) is 1.95. The molecule has 1 aromatic carbocycles. The van der Waals surface area contributed by atoms with E-state index in [1.165, 1.54) is 0 Å². The summed E-state index contributed by atoms with van der Waals surface area (Å²) in [4.78, 5) is 22.3. The molecule has 1 heterocycles. The fourth-order valence-corrected chi connectivity index (χ4v) is 1.91. The summed E-state index contributed by atoms with van der Waals surface area (Å²) in [6.45, 7) is 3.54. The lowest BCUT2D eigenvalue weighted by atomic mass is 9.96. The Balaban J connectivity index is 2.16. The molecule has 0 radical (unpaired) electrons. The van der Waals surface area contributed by atoms with Crippen molar-refractivity contribution in [1.29, 1.82) is 0 Å². The molecule has 0 aliphatic carbocycles. The third-order valence-corrected chi connectivity index (χ3v) is 3.03. The summed E-state index contributed by atoms with van der Waals surface area (Å²) >= 11 is 0. The summed E-state index contributed by atoms with van der Waals surface area (Å²) < 4.78 is 0. The van der Waals surface area contributed by atoms with E-state index in [2.05, 4.69) is 5.32 Å². The quantitative estimate of drug-likeness (QED) is 0.841. The second kappa shape index (κ2) is 4.08. The van der Waals surface area contributed by atoms with Crippen LogP contribution >= 0.6 is 0 Å². The zero-order chi connectivity index (χ0) is 11.7. The lowest BCUT2D eigenvalue weighted by molar-refractivity contribution is -0.120. The van der Waals surface area contributed by atoms with E-state index in [9.17, 15) is 9.59 Å². The highest BCUT2D eigenvalue weighted by molar-refractivity contribution is 5.99. The maximum atomic E-state index is 11.2. The summed E-state index contributed by atoms with van der Waals surface area (Å²) in [6.07, 6.45) is 1.20. The number of fused-ring (bicyclic) bond motifs is 1. The van der Waals surface area contributed by atoms with Gasteiger partial charge in [-0.25, -0.2) is 0 Å². The molecule has 3 nitrogen and oxygen atoms in total. The molecule has 1 N–H and O–H groups in total. The largest absolute Gasteiger partial charge is 0.326 e. The molecule has 1 amide bonds. The first-order chi connectivity index (χ1) is 7.56. The molecule has 16 heavy (non-hydrogen) atoms. The Hall–Kier alpha value is -1.64. The summed E-state index contributed by atoms with van der Waals surface area (Å²) in [7, 11) is 0. The van der Waals surface area contributed by atoms with Crippen molar-refractivity contribution in [3.05, 3.63) is 29.3 Å². The summed E-state index contributed by atoms with van der Waals surface area (Å²) in [5, 5.41) is 2.79. The number of hydrogen-bond donors (Lipinski definition) is 1. The molecule has 3 heteroatoms. The molecule has 0 spiro atoms. The Morgan fingerprint density at radius 2 is 2.25 bits per heavy atom. The molecule has 0 bridgehead atoms. The van der Waals surface area contributed by atoms with Crippen LogP contribution in [0.5, 0.6) is 0 Å². The highest BCUT2D eigenvalue weighted by Crippen LogP contribution is 2.24. The number of carbonyl (C=O) groups is 2. The lowest BCUT2D eigenvalue weighted by Crippen LogP contribution is -2.09. The van der Waals surface area contributed by atoms with Crippen molar-refractivity contribution in [2.75, 3.05) is 5.32 Å². The maximum Gasteiger partial charge on any atom is 0.228 e. The topological polar surface area (TPSA) is 46.2 Å². The monoisotopic (exact) mass is 217 g/mol. The van der Waals surface area contributed by atoms with Gasteiger partial charge < -0.3 is 5.32 Å². The molecule has 0 saturated carbocycles. The molecule has 1 aliphatic heterocycles. The maximum absolute atomic E-state index is 11.2. The van der Waals surface area contributed by atoms with E-state index >= 15 is 0 Å². The normalized spacial score (nSPS) is 15.5. The van der Waals surface area contributed by atoms with Crippen molar-refractivity contribution in [1.82, 2.24) is 0 Å². The van der Waals surface area contributed by atoms with Crippen LogP contribution in [-0.4, -0.2) is 11.7 Å². The minimum Gasteiger partial charge on any atom is -0.326 e. The van der Waals surface area contributed by atoms with Gasteiger partial charge in [0.1, 0.15) is 5.78 Å². The van der Waals surface area contributed by atoms with Crippen LogP contribution in [0.2, 0.25) is 0 Å². The van der Waals surface area contributed by atoms with E-state index in [1.807, 2.05) is 25.1 Å². The van der Waals surface area contributed by atoms with Crippen molar-refractivity contribution < 1.29 is 9.59 Å². The first-order valence-corrected chi connectivity index (χ1v) is 5.48. The number of rotatable bonds is 3. The Morgan fingerprint density at radius 1 is 1.50 bits per heavy atom. The first-order valence-electron chi connectivity index (χ1n) is 5.48. The average Bonchev–Trinajstić information content (AvgIpc) is 2.57. The van der Waals surface area contributed by atoms with E-state index in [1.54, 1.807) is 6.92 Å². The van der Waals surface area contributed by atoms with Crippen LogP contribution in [0.15, 0.2) is 18.2 Å². The number of ketones is 1. The van der Waals surface area contributed by atoms with Crippen molar-refractivity contribution in [3.63, 3.8) is 0 Å². The van der Waals surface area contributed by atoms with Crippen LogP contribution in [0, 0.1) is 5.92 Å². The highest BCUT2D eigenvalue weighted by atomic mass is 16.1. The van der Waals surface area contributed by atoms with Gasteiger partial charge in [-0.1, -0.05) is 19.1 Å². The third kappa shape index (κ3) is 2.13. The molecule has 84 valence electrons. The molecule has 0 fully saturated rings. The van der Waals surface area contributed by atoms with E-state index in [0.29, 0.717) is 6.42 Å². The summed E-state index contributed by atoms with van der Waals surface area (Å²) in [5.41, 5.74) is 3.07. The fourth-order valence-electron chi connectivity index (χ4n) is 1.91. The molecule has 0 aromatic heterocycles. The molecule has 2 rings (SSSR count). The smallest absolute Gasteiger partial charge is 0.228 e. The van der Waals surface area contributed by atoms with Crippen LogP contribution in [0.25, 0.3) is 0 Å². The number of carbonyl (C=O) groups excluding carboxylic acids is 2. The summed E-state index contributed by atoms with van der Waals surface area (Å²) in [5.74, 6) is 0.296. The van der Waals surface area contributed by atoms with Crippen molar-refractivity contribution >= 4 is 17.4 Å². The van der Waals surface area contributed by atoms with E-state index in [4.69, 9.17) is 0 Å². The second-order valence-corrected chi connectivity index (χ2v) is 4.43. The van der Waals surface area contributed by atoms with Gasteiger partial charge >= 0.3 is 0 Å². The Labute approximate surface area is 94.9 Å². The molecule has 1 unspecified atom stereocenters. The number of amides is 1. The first kappa shape index (κ1) is 10.9. The van der Waals surface area contributed by atoms with Gasteiger partial charge in [-0.15, -0.1) is 0 Å². The lowest BCUT2D eigenvalue weighted by Gasteiger charge is -2.08. The summed E-state index contributed by atoms with van der Waals surface area (Å²) in [6, 6.07) is 5.92. The van der Waals surface area contributed by atoms with Gasteiger partial charge in [0.15, 0.2) is 0 Å². The van der Waals surface area contributed by atoms with Gasteiger partial charge in [0, 0.05) is 11.6 Å². The number of Topliss-reactive ketones (excluding diaryl/α,β-unsaturated/α-hetero) is 1. The number of hydrogen-bond acceptors (Lipinski definition) is 2. The van der Waals surface area contributed by atoms with Crippen molar-refractivity contribution in [2.45, 2.75) is 26.7 Å². The zero-order valence-electron chi connectivity index (χ0n) is 9.54. The van der Waals surface area contributed by atoms with Gasteiger partial charge in [0.25, 0.3) is 0 Å². The highest BCUT2D eigenvalue weighted by Gasteiger charge is 2.18. The molecule has 1 aromatic rings. The van der Waals surface area contributed by atoms with Crippen LogP contribution < -0.4 is 5.32 Å². The van der Waals surface area contributed by atoms with Crippen LogP contribution in [0.4, 0.5) is 5.69 Å². The van der Waals surface area contributed by atoms with Gasteiger partial charge in [0.05, 0.1) is 6.42 Å². The molecular weight excluding hydrogens is 202 g/mol. The van der Waals surface area contributed by atoms with Crippen LogP contribution in [-0.2, 0) is 22.4 Å². The molecule has 1 aliphatic rings. The Morgan fingerprint density at radius 3 is 2.94 bits per heavy atom. The van der Waals surface area contributed by atoms with Gasteiger partial charge in [0.2, 0.25) is 5.91 Å². The fraction of sp³-hybridized carbons (Fsp3) is 0.385. The number of benzene rings is 1. The predicted molar refractivity (Wildman–Crippen MR) is 62.3 cm³/mol. The van der Waals surface area contributed by atoms with E-state index in [0.717, 1.165) is 23.2 Å². The molecule has 1 atom stereocenters. The Bertz CT molecular complexity index is 451. The number of nitrogens with one attached hydrogen (secondary N) is 1. The SMILES string of the molecule is CC(=O)C(C)Cc1ccc2c(c1)CC(=O)N2. The standard InChI is InChI=1S/C13H15NO2/c1-8(9(2)15)5-10-3-4-12-11(6-10)7-13(16)14-12/h3-4,6,8H,5,7H2,1-2H3,(H,14,16). The van der Waals surface area contributed by atoms with Crippen LogP contribution in [0.1, 0.15) is 25.0 Å². The molecule has 0 saturated heterocycles. The minimum absolute atomic E-state index is 0.0445. The Kier molecular flexibility index (Phi) is 2.77. The zero-order valence-corrected chi connectivity index (χ0v) is 9.54. The average molecular weight is 217 g/mol. The van der Waals surface area contributed by atoms with Gasteiger partial charge in [-0.05, 0) is 30.5 Å². The third-order valence-electron chi connectivity index (χ3n) is 3.03. The number of anilines is 1. The minimum atomic E-state index is 0.0445.